The molecule has 0 bridgehead atoms. The summed E-state index contributed by atoms with van der Waals surface area (Å²) in [4.78, 5) is 6.75. The summed E-state index contributed by atoms with van der Waals surface area (Å²) in [5, 5.41) is 7.17. The van der Waals surface area contributed by atoms with E-state index in [-0.39, 0.29) is 6.04 Å². The fourth-order valence-electron chi connectivity index (χ4n) is 1.64. The SMILES string of the molecule is CNC(C)c1nc(C2CSCCN2C)no1. The second-order valence-corrected chi connectivity index (χ2v) is 5.22. The number of nitrogens with zero attached hydrogens (tertiary/aromatic N) is 3. The Balaban J connectivity index is 2.11. The third-order valence-corrected chi connectivity index (χ3v) is 3.98. The summed E-state index contributed by atoms with van der Waals surface area (Å²) in [6.45, 7) is 3.09. The van der Waals surface area contributed by atoms with Crippen molar-refractivity contribution in [2.45, 2.75) is 19.0 Å². The lowest BCUT2D eigenvalue weighted by molar-refractivity contribution is 0.255. The maximum absolute atomic E-state index is 5.26. The molecule has 1 aromatic heterocycles. The van der Waals surface area contributed by atoms with Crippen molar-refractivity contribution < 1.29 is 4.52 Å². The van der Waals surface area contributed by atoms with Crippen LogP contribution in [0.4, 0.5) is 0 Å². The fourth-order valence-corrected chi connectivity index (χ4v) is 2.85. The molecule has 0 radical (unpaired) electrons. The Hall–Kier alpha value is -0.590. The lowest BCUT2D eigenvalue weighted by atomic mass is 10.2. The molecule has 90 valence electrons. The van der Waals surface area contributed by atoms with Gasteiger partial charge in [-0.2, -0.15) is 16.7 Å². The van der Waals surface area contributed by atoms with Gasteiger partial charge in [0.25, 0.3) is 0 Å². The van der Waals surface area contributed by atoms with Crippen LogP contribution >= 0.6 is 11.8 Å². The molecule has 1 aliphatic heterocycles. The van der Waals surface area contributed by atoms with Crippen molar-refractivity contribution in [2.75, 3.05) is 32.1 Å². The van der Waals surface area contributed by atoms with E-state index in [2.05, 4.69) is 27.4 Å². The quantitative estimate of drug-likeness (QED) is 0.855. The van der Waals surface area contributed by atoms with E-state index < -0.39 is 0 Å². The maximum Gasteiger partial charge on any atom is 0.243 e. The highest BCUT2D eigenvalue weighted by molar-refractivity contribution is 7.99. The van der Waals surface area contributed by atoms with Crippen LogP contribution in [0.25, 0.3) is 0 Å². The maximum atomic E-state index is 5.26. The topological polar surface area (TPSA) is 54.2 Å². The van der Waals surface area contributed by atoms with Gasteiger partial charge in [-0.1, -0.05) is 5.16 Å². The smallest absolute Gasteiger partial charge is 0.243 e. The van der Waals surface area contributed by atoms with Crippen LogP contribution in [0.5, 0.6) is 0 Å². The normalized spacial score (nSPS) is 24.6. The van der Waals surface area contributed by atoms with Crippen LogP contribution in [0.1, 0.15) is 30.7 Å². The van der Waals surface area contributed by atoms with Crippen molar-refractivity contribution in [3.05, 3.63) is 11.7 Å². The monoisotopic (exact) mass is 242 g/mol. The summed E-state index contributed by atoms with van der Waals surface area (Å²) >= 11 is 1.95. The van der Waals surface area contributed by atoms with Crippen molar-refractivity contribution in [1.82, 2.24) is 20.4 Å². The highest BCUT2D eigenvalue weighted by Gasteiger charge is 2.26. The zero-order chi connectivity index (χ0) is 11.5. The summed E-state index contributed by atoms with van der Waals surface area (Å²) in [7, 11) is 4.00. The molecule has 1 N–H and O–H groups in total. The van der Waals surface area contributed by atoms with Crippen LogP contribution in [0.3, 0.4) is 0 Å². The van der Waals surface area contributed by atoms with E-state index in [0.29, 0.717) is 11.9 Å². The minimum absolute atomic E-state index is 0.114. The van der Waals surface area contributed by atoms with Crippen molar-refractivity contribution in [3.8, 4) is 0 Å². The van der Waals surface area contributed by atoms with Gasteiger partial charge in [0.1, 0.15) is 0 Å². The summed E-state index contributed by atoms with van der Waals surface area (Å²) in [5.74, 6) is 3.71. The second-order valence-electron chi connectivity index (χ2n) is 4.07. The largest absolute Gasteiger partial charge is 0.338 e. The molecule has 1 aromatic rings. The van der Waals surface area contributed by atoms with Gasteiger partial charge in [0.2, 0.25) is 5.89 Å². The number of hydrogen-bond acceptors (Lipinski definition) is 6. The van der Waals surface area contributed by atoms with E-state index in [9.17, 15) is 0 Å². The Morgan fingerprint density at radius 3 is 3.12 bits per heavy atom. The number of aromatic nitrogens is 2. The summed E-state index contributed by atoms with van der Waals surface area (Å²) < 4.78 is 5.26. The zero-order valence-corrected chi connectivity index (χ0v) is 10.8. The first-order valence-corrected chi connectivity index (χ1v) is 6.66. The number of nitrogens with one attached hydrogen (secondary N) is 1. The molecule has 6 heteroatoms. The summed E-state index contributed by atoms with van der Waals surface area (Å²) in [6.07, 6.45) is 0. The van der Waals surface area contributed by atoms with Gasteiger partial charge in [-0.15, -0.1) is 0 Å². The first-order chi connectivity index (χ1) is 7.72. The van der Waals surface area contributed by atoms with Crippen LogP contribution in [0.2, 0.25) is 0 Å². The number of hydrogen-bond donors (Lipinski definition) is 1. The number of rotatable bonds is 3. The van der Waals surface area contributed by atoms with Crippen LogP contribution in [0, 0.1) is 0 Å². The van der Waals surface area contributed by atoms with Gasteiger partial charge in [-0.25, -0.2) is 0 Å². The zero-order valence-electron chi connectivity index (χ0n) is 9.93. The molecule has 1 fully saturated rings. The molecule has 1 aliphatic rings. The molecule has 2 atom stereocenters. The lowest BCUT2D eigenvalue weighted by Crippen LogP contribution is -2.33. The van der Waals surface area contributed by atoms with Gasteiger partial charge in [-0.3, -0.25) is 4.90 Å². The van der Waals surface area contributed by atoms with E-state index in [1.807, 2.05) is 25.7 Å². The molecule has 2 unspecified atom stereocenters. The molecule has 0 aromatic carbocycles. The molecule has 2 rings (SSSR count). The van der Waals surface area contributed by atoms with Gasteiger partial charge >= 0.3 is 0 Å². The molecule has 5 nitrogen and oxygen atoms in total. The van der Waals surface area contributed by atoms with Crippen LogP contribution < -0.4 is 5.32 Å². The predicted octanol–water partition coefficient (Wildman–Crippen LogP) is 1.07. The Bertz CT molecular complexity index is 343. The third-order valence-electron chi connectivity index (χ3n) is 2.96. The Morgan fingerprint density at radius 2 is 2.44 bits per heavy atom. The minimum atomic E-state index is 0.114. The Morgan fingerprint density at radius 1 is 1.62 bits per heavy atom. The first-order valence-electron chi connectivity index (χ1n) is 5.51. The predicted molar refractivity (Wildman–Crippen MR) is 64.5 cm³/mol. The molecule has 16 heavy (non-hydrogen) atoms. The highest BCUT2D eigenvalue weighted by atomic mass is 32.2. The molecule has 0 saturated carbocycles. The standard InChI is InChI=1S/C10H18N4OS/c1-7(11-2)10-12-9(13-15-10)8-6-16-5-4-14(8)3/h7-8,11H,4-6H2,1-3H3. The second kappa shape index (κ2) is 5.16. The van der Waals surface area contributed by atoms with E-state index >= 15 is 0 Å². The molecular formula is C10H18N4OS. The van der Waals surface area contributed by atoms with Crippen LogP contribution in [-0.2, 0) is 0 Å². The van der Waals surface area contributed by atoms with Crippen molar-refractivity contribution in [2.24, 2.45) is 0 Å². The lowest BCUT2D eigenvalue weighted by Gasteiger charge is -2.29. The van der Waals surface area contributed by atoms with Gasteiger partial charge in [-0.05, 0) is 21.0 Å². The van der Waals surface area contributed by atoms with E-state index in [1.54, 1.807) is 0 Å². The summed E-state index contributed by atoms with van der Waals surface area (Å²) in [5.41, 5.74) is 0. The van der Waals surface area contributed by atoms with E-state index in [0.717, 1.165) is 18.1 Å². The van der Waals surface area contributed by atoms with Crippen LogP contribution in [0.15, 0.2) is 4.52 Å². The van der Waals surface area contributed by atoms with Crippen LogP contribution in [-0.4, -0.2) is 47.2 Å². The van der Waals surface area contributed by atoms with E-state index in [4.69, 9.17) is 4.52 Å². The Kier molecular flexibility index (Phi) is 3.83. The van der Waals surface area contributed by atoms with Gasteiger partial charge in [0.05, 0.1) is 12.1 Å². The molecule has 2 heterocycles. The highest BCUT2D eigenvalue weighted by Crippen LogP contribution is 2.26. The Labute approximate surface area is 100.0 Å². The summed E-state index contributed by atoms with van der Waals surface area (Å²) in [6, 6.07) is 0.406. The molecule has 1 saturated heterocycles. The van der Waals surface area contributed by atoms with Gasteiger partial charge in [0.15, 0.2) is 5.82 Å². The molecule has 0 amide bonds. The first kappa shape index (κ1) is 11.9. The van der Waals surface area contributed by atoms with Gasteiger partial charge in [0, 0.05) is 18.1 Å². The average Bonchev–Trinajstić information content (AvgIpc) is 2.78. The van der Waals surface area contributed by atoms with Gasteiger partial charge < -0.3 is 9.84 Å². The molecule has 0 aliphatic carbocycles. The molecular weight excluding hydrogens is 224 g/mol. The fraction of sp³-hybridized carbons (Fsp3) is 0.800. The minimum Gasteiger partial charge on any atom is -0.338 e. The third kappa shape index (κ3) is 2.39. The van der Waals surface area contributed by atoms with Crippen molar-refractivity contribution in [1.29, 1.82) is 0 Å². The molecule has 0 spiro atoms. The van der Waals surface area contributed by atoms with E-state index in [1.165, 1.54) is 5.75 Å². The van der Waals surface area contributed by atoms with Crippen molar-refractivity contribution in [3.63, 3.8) is 0 Å². The number of thioether (sulfide) groups is 1. The average molecular weight is 242 g/mol. The van der Waals surface area contributed by atoms with Crippen molar-refractivity contribution >= 4 is 11.8 Å².